The highest BCUT2D eigenvalue weighted by Gasteiger charge is 2.52. The fraction of sp³-hybridized carbons (Fsp3) is 0.267. The van der Waals surface area contributed by atoms with E-state index in [1.165, 1.54) is 0 Å². The van der Waals surface area contributed by atoms with Gasteiger partial charge in [0.2, 0.25) is 0 Å². The average molecular weight is 467 g/mol. The van der Waals surface area contributed by atoms with Gasteiger partial charge in [-0.3, -0.25) is 9.59 Å². The Morgan fingerprint density at radius 2 is 1.63 bits per heavy atom. The smallest absolute Gasteiger partial charge is 0.264 e. The predicted octanol–water partition coefficient (Wildman–Crippen LogP) is 5.01. The topological polar surface area (TPSA) is 60.9 Å². The van der Waals surface area contributed by atoms with E-state index in [2.05, 4.69) is 0 Å². The SMILES string of the molecule is C[C@H](/C=C/c1ccccc1C(=O)N1CCCC1)[C@@]1(O)C(=O)N(Cc2ccccc2)c2ccccc21. The molecule has 0 spiro atoms. The van der Waals surface area contributed by atoms with Gasteiger partial charge in [-0.25, -0.2) is 0 Å². The lowest BCUT2D eigenvalue weighted by molar-refractivity contribution is -0.139. The van der Waals surface area contributed by atoms with Crippen molar-refractivity contribution >= 4 is 23.6 Å². The van der Waals surface area contributed by atoms with Gasteiger partial charge in [-0.05, 0) is 36.1 Å². The Balaban J connectivity index is 1.44. The van der Waals surface area contributed by atoms with Gasteiger partial charge in [0.1, 0.15) is 0 Å². The van der Waals surface area contributed by atoms with Gasteiger partial charge in [-0.1, -0.05) is 85.8 Å². The van der Waals surface area contributed by atoms with E-state index in [0.717, 1.165) is 42.7 Å². The third-order valence-corrected chi connectivity index (χ3v) is 7.17. The Hall–Kier alpha value is -3.70. The van der Waals surface area contributed by atoms with Crippen LogP contribution >= 0.6 is 0 Å². The second kappa shape index (κ2) is 9.51. The standard InChI is InChI=1S/C30H30N2O3/c1-22(17-18-24-13-5-6-14-25(24)28(33)31-19-9-10-20-31)30(35)26-15-7-8-16-27(26)32(29(30)34)21-23-11-3-2-4-12-23/h2-8,11-18,22,35H,9-10,19-21H2,1H3/b18-17+/t22-,30+/m1/s1. The Kier molecular flexibility index (Phi) is 6.27. The molecule has 2 heterocycles. The third kappa shape index (κ3) is 4.17. The molecule has 0 aromatic heterocycles. The van der Waals surface area contributed by atoms with Crippen molar-refractivity contribution in [3.63, 3.8) is 0 Å². The maximum Gasteiger partial charge on any atom is 0.264 e. The van der Waals surface area contributed by atoms with Crippen molar-refractivity contribution in [2.75, 3.05) is 18.0 Å². The molecule has 0 bridgehead atoms. The Morgan fingerprint density at radius 3 is 2.40 bits per heavy atom. The Morgan fingerprint density at radius 1 is 0.971 bits per heavy atom. The molecule has 0 radical (unpaired) electrons. The Bertz CT molecular complexity index is 1260. The van der Waals surface area contributed by atoms with Crippen LogP contribution in [-0.2, 0) is 16.9 Å². The molecule has 0 unspecified atom stereocenters. The molecule has 3 aromatic carbocycles. The van der Waals surface area contributed by atoms with E-state index in [1.54, 1.807) is 4.90 Å². The highest BCUT2D eigenvalue weighted by atomic mass is 16.3. The molecular formula is C30H30N2O3. The lowest BCUT2D eigenvalue weighted by atomic mass is 9.82. The average Bonchev–Trinajstić information content (AvgIpc) is 3.51. The molecule has 3 aromatic rings. The summed E-state index contributed by atoms with van der Waals surface area (Å²) in [6.07, 6.45) is 5.78. The molecule has 1 N–H and O–H groups in total. The molecule has 0 saturated carbocycles. The highest BCUT2D eigenvalue weighted by Crippen LogP contribution is 2.45. The number of anilines is 1. The van der Waals surface area contributed by atoms with Crippen molar-refractivity contribution < 1.29 is 14.7 Å². The first kappa shape index (κ1) is 23.1. The minimum atomic E-state index is -1.68. The van der Waals surface area contributed by atoms with Crippen LogP contribution in [0.1, 0.15) is 46.8 Å². The van der Waals surface area contributed by atoms with Gasteiger partial charge in [-0.2, -0.15) is 0 Å². The van der Waals surface area contributed by atoms with Crippen molar-refractivity contribution in [1.82, 2.24) is 4.90 Å². The summed E-state index contributed by atoms with van der Waals surface area (Å²) >= 11 is 0. The molecule has 2 aliphatic heterocycles. The molecule has 5 rings (SSSR count). The van der Waals surface area contributed by atoms with Crippen molar-refractivity contribution in [2.24, 2.45) is 5.92 Å². The molecule has 35 heavy (non-hydrogen) atoms. The number of carbonyl (C=O) groups is 2. The van der Waals surface area contributed by atoms with Crippen molar-refractivity contribution in [2.45, 2.75) is 31.9 Å². The summed E-state index contributed by atoms with van der Waals surface area (Å²) in [6.45, 7) is 3.82. The lowest BCUT2D eigenvalue weighted by Gasteiger charge is -2.27. The van der Waals surface area contributed by atoms with E-state index in [4.69, 9.17) is 0 Å². The van der Waals surface area contributed by atoms with E-state index in [1.807, 2.05) is 103 Å². The number of likely N-dealkylation sites (tertiary alicyclic amines) is 1. The van der Waals surface area contributed by atoms with Gasteiger partial charge in [0.25, 0.3) is 11.8 Å². The van der Waals surface area contributed by atoms with Gasteiger partial charge >= 0.3 is 0 Å². The molecule has 2 amide bonds. The number of para-hydroxylation sites is 1. The number of amides is 2. The van der Waals surface area contributed by atoms with Gasteiger partial charge in [-0.15, -0.1) is 0 Å². The summed E-state index contributed by atoms with van der Waals surface area (Å²) in [7, 11) is 0. The van der Waals surface area contributed by atoms with Gasteiger partial charge in [0, 0.05) is 30.1 Å². The molecule has 1 saturated heterocycles. The maximum atomic E-state index is 13.7. The van der Waals surface area contributed by atoms with Crippen molar-refractivity contribution in [3.8, 4) is 0 Å². The van der Waals surface area contributed by atoms with E-state index < -0.39 is 11.5 Å². The molecule has 1 fully saturated rings. The van der Waals surface area contributed by atoms with Gasteiger partial charge in [0.05, 0.1) is 12.2 Å². The van der Waals surface area contributed by atoms with Crippen LogP contribution in [0.15, 0.2) is 84.9 Å². The van der Waals surface area contributed by atoms with Crippen LogP contribution in [-0.4, -0.2) is 34.9 Å². The second-order valence-electron chi connectivity index (χ2n) is 9.39. The van der Waals surface area contributed by atoms with E-state index in [-0.39, 0.29) is 11.8 Å². The first-order valence-corrected chi connectivity index (χ1v) is 12.2. The zero-order valence-electron chi connectivity index (χ0n) is 19.9. The van der Waals surface area contributed by atoms with Crippen LogP contribution in [0, 0.1) is 5.92 Å². The molecular weight excluding hydrogens is 436 g/mol. The summed E-state index contributed by atoms with van der Waals surface area (Å²) in [6, 6.07) is 24.8. The van der Waals surface area contributed by atoms with E-state index >= 15 is 0 Å². The summed E-state index contributed by atoms with van der Waals surface area (Å²) < 4.78 is 0. The molecule has 0 aliphatic carbocycles. The number of carbonyl (C=O) groups excluding carboxylic acids is 2. The fourth-order valence-electron chi connectivity index (χ4n) is 5.14. The zero-order valence-corrected chi connectivity index (χ0v) is 19.9. The first-order chi connectivity index (χ1) is 17.0. The summed E-state index contributed by atoms with van der Waals surface area (Å²) in [5, 5.41) is 11.8. The van der Waals surface area contributed by atoms with Crippen LogP contribution < -0.4 is 4.90 Å². The maximum absolute atomic E-state index is 13.7. The van der Waals surface area contributed by atoms with E-state index in [0.29, 0.717) is 17.7 Å². The summed E-state index contributed by atoms with van der Waals surface area (Å²) in [5.74, 6) is -0.807. The largest absolute Gasteiger partial charge is 0.375 e. The molecule has 2 aliphatic rings. The Labute approximate surface area is 206 Å². The molecule has 5 heteroatoms. The van der Waals surface area contributed by atoms with Crippen LogP contribution in [0.5, 0.6) is 0 Å². The highest BCUT2D eigenvalue weighted by molar-refractivity contribution is 6.07. The van der Waals surface area contributed by atoms with Crippen molar-refractivity contribution in [3.05, 3.63) is 107 Å². The number of hydrogen-bond donors (Lipinski definition) is 1. The first-order valence-electron chi connectivity index (χ1n) is 12.2. The van der Waals surface area contributed by atoms with Gasteiger partial charge in [0.15, 0.2) is 5.60 Å². The zero-order chi connectivity index (χ0) is 24.4. The normalized spacial score (nSPS) is 20.5. The van der Waals surface area contributed by atoms with Crippen LogP contribution in [0.2, 0.25) is 0 Å². The number of aliphatic hydroxyl groups is 1. The predicted molar refractivity (Wildman–Crippen MR) is 138 cm³/mol. The number of nitrogens with zero attached hydrogens (tertiary/aromatic N) is 2. The third-order valence-electron chi connectivity index (χ3n) is 7.17. The number of rotatable bonds is 6. The minimum absolute atomic E-state index is 0.0328. The quantitative estimate of drug-likeness (QED) is 0.556. The summed E-state index contributed by atoms with van der Waals surface area (Å²) in [5.41, 5.74) is 2.09. The van der Waals surface area contributed by atoms with Crippen molar-refractivity contribution in [1.29, 1.82) is 0 Å². The summed E-state index contributed by atoms with van der Waals surface area (Å²) in [4.78, 5) is 30.3. The fourth-order valence-corrected chi connectivity index (χ4v) is 5.14. The van der Waals surface area contributed by atoms with Crippen LogP contribution in [0.3, 0.4) is 0 Å². The monoisotopic (exact) mass is 466 g/mol. The molecule has 5 nitrogen and oxygen atoms in total. The van der Waals surface area contributed by atoms with Gasteiger partial charge < -0.3 is 14.9 Å². The van der Waals surface area contributed by atoms with Crippen LogP contribution in [0.4, 0.5) is 5.69 Å². The lowest BCUT2D eigenvalue weighted by Crippen LogP contribution is -2.44. The number of hydrogen-bond acceptors (Lipinski definition) is 3. The van der Waals surface area contributed by atoms with E-state index in [9.17, 15) is 14.7 Å². The van der Waals surface area contributed by atoms with Crippen LogP contribution in [0.25, 0.3) is 6.08 Å². The second-order valence-corrected chi connectivity index (χ2v) is 9.39. The molecule has 2 atom stereocenters. The number of benzene rings is 3. The number of fused-ring (bicyclic) bond motifs is 1. The molecule has 178 valence electrons. The minimum Gasteiger partial charge on any atom is -0.375 e.